The van der Waals surface area contributed by atoms with Gasteiger partial charge in [-0.25, -0.2) is 0 Å². The first kappa shape index (κ1) is 23.4. The third-order valence-electron chi connectivity index (χ3n) is 3.72. The zero-order valence-corrected chi connectivity index (χ0v) is 17.4. The molecule has 146 valence electrons. The van der Waals surface area contributed by atoms with Gasteiger partial charge < -0.3 is 9.89 Å². The van der Waals surface area contributed by atoms with Gasteiger partial charge in [-0.2, -0.15) is 15.8 Å². The third kappa shape index (κ3) is 8.25. The molecule has 0 bridgehead atoms. The third-order valence-corrected chi connectivity index (χ3v) is 3.72. The molecule has 5 nitrogen and oxygen atoms in total. The average Bonchev–Trinajstić information content (AvgIpc) is 2.69. The van der Waals surface area contributed by atoms with Gasteiger partial charge in [0.05, 0.1) is 33.8 Å². The van der Waals surface area contributed by atoms with Gasteiger partial charge in [0.25, 0.3) is 0 Å². The molecule has 0 saturated carbocycles. The van der Waals surface area contributed by atoms with Crippen LogP contribution in [0.1, 0.15) is 24.8 Å². The van der Waals surface area contributed by atoms with Gasteiger partial charge in [0.15, 0.2) is 0 Å². The van der Waals surface area contributed by atoms with Crippen molar-refractivity contribution in [1.82, 2.24) is 0 Å². The monoisotopic (exact) mass is 383 g/mol. The number of quaternary nitrogens is 1. The molecule has 2 rings (SSSR count). The van der Waals surface area contributed by atoms with Crippen LogP contribution in [0.3, 0.4) is 0 Å². The molecule has 1 aromatic carbocycles. The molecule has 1 aromatic rings. The number of benzene rings is 1. The number of rotatable bonds is 3. The molecule has 0 heterocycles. The zero-order valence-electron chi connectivity index (χ0n) is 17.4. The first-order chi connectivity index (χ1) is 13.7. The highest BCUT2D eigenvalue weighted by Gasteiger charge is 2.18. The lowest BCUT2D eigenvalue weighted by Crippen LogP contribution is -2.27. The van der Waals surface area contributed by atoms with E-state index in [2.05, 4.69) is 28.2 Å². The van der Waals surface area contributed by atoms with Gasteiger partial charge in [-0.15, -0.1) is 0 Å². The zero-order chi connectivity index (χ0) is 21.9. The van der Waals surface area contributed by atoms with Gasteiger partial charge in [-0.1, -0.05) is 30.3 Å². The minimum absolute atomic E-state index is 0.0458. The van der Waals surface area contributed by atoms with Crippen molar-refractivity contribution in [2.45, 2.75) is 19.3 Å². The lowest BCUT2D eigenvalue weighted by Gasteiger charge is -2.22. The van der Waals surface area contributed by atoms with Gasteiger partial charge in [0.2, 0.25) is 0 Å². The van der Waals surface area contributed by atoms with E-state index >= 15 is 0 Å². The summed E-state index contributed by atoms with van der Waals surface area (Å²) in [7, 11) is 8.50. The van der Waals surface area contributed by atoms with Crippen molar-refractivity contribution in [1.29, 1.82) is 15.8 Å². The first-order valence-corrected chi connectivity index (χ1v) is 9.21. The molecule has 0 aromatic heterocycles. The van der Waals surface area contributed by atoms with Crippen molar-refractivity contribution in [2.24, 2.45) is 0 Å². The van der Waals surface area contributed by atoms with E-state index in [0.717, 1.165) is 46.0 Å². The topological polar surface area (TPSA) is 93.7 Å². The SMILES string of the molecule is C[N+](C)(C)C.N#CC(=C=[N-])/C=C1\CCCC(C=C(C#N)C#N)=C1c1ccccc1. The van der Waals surface area contributed by atoms with Crippen LogP contribution in [0.5, 0.6) is 0 Å². The Labute approximate surface area is 173 Å². The van der Waals surface area contributed by atoms with Gasteiger partial charge in [-0.05, 0) is 53.7 Å². The van der Waals surface area contributed by atoms with Crippen molar-refractivity contribution >= 4 is 11.4 Å². The lowest BCUT2D eigenvalue weighted by molar-refractivity contribution is -0.849. The molecule has 0 radical (unpaired) electrons. The summed E-state index contributed by atoms with van der Waals surface area (Å²) in [5, 5.41) is 36.1. The minimum Gasteiger partial charge on any atom is -0.762 e. The van der Waals surface area contributed by atoms with E-state index in [1.165, 1.54) is 0 Å². The molecular formula is C24H25N5. The van der Waals surface area contributed by atoms with Crippen LogP contribution in [0, 0.1) is 34.0 Å². The predicted molar refractivity (Wildman–Crippen MR) is 116 cm³/mol. The summed E-state index contributed by atoms with van der Waals surface area (Å²) in [4.78, 5) is 0. The molecule has 0 atom stereocenters. The maximum absolute atomic E-state index is 9.03. The maximum atomic E-state index is 9.03. The second-order valence-electron chi connectivity index (χ2n) is 7.89. The van der Waals surface area contributed by atoms with E-state index in [1.807, 2.05) is 54.4 Å². The summed E-state index contributed by atoms with van der Waals surface area (Å²) in [5.74, 6) is 1.89. The number of nitrogens with zero attached hydrogens (tertiary/aromatic N) is 5. The van der Waals surface area contributed by atoms with Crippen LogP contribution in [0.2, 0.25) is 0 Å². The van der Waals surface area contributed by atoms with Crippen molar-refractivity contribution in [3.63, 3.8) is 0 Å². The normalized spacial score (nSPS) is 14.3. The fraction of sp³-hybridized carbons (Fsp3) is 0.292. The number of hydrogen-bond acceptors (Lipinski definition) is 3. The highest BCUT2D eigenvalue weighted by Crippen LogP contribution is 2.38. The highest BCUT2D eigenvalue weighted by atomic mass is 15.2. The largest absolute Gasteiger partial charge is 0.762 e. The highest BCUT2D eigenvalue weighted by molar-refractivity contribution is 5.86. The van der Waals surface area contributed by atoms with Crippen LogP contribution in [-0.4, -0.2) is 38.5 Å². The van der Waals surface area contributed by atoms with Crippen LogP contribution in [0.15, 0.2) is 64.8 Å². The van der Waals surface area contributed by atoms with Crippen LogP contribution in [-0.2, 0) is 0 Å². The molecule has 5 heteroatoms. The summed E-state index contributed by atoms with van der Waals surface area (Å²) in [6.07, 6.45) is 5.52. The van der Waals surface area contributed by atoms with Gasteiger partial charge in [-0.3, -0.25) is 5.87 Å². The van der Waals surface area contributed by atoms with Crippen molar-refractivity contribution in [3.05, 3.63) is 75.7 Å². The Hall–Kier alpha value is -3.68. The Morgan fingerprint density at radius 3 is 2.03 bits per heavy atom. The first-order valence-electron chi connectivity index (χ1n) is 9.21. The molecule has 29 heavy (non-hydrogen) atoms. The number of allylic oxidation sites excluding steroid dienone is 7. The molecule has 0 aliphatic heterocycles. The van der Waals surface area contributed by atoms with Crippen LogP contribution in [0.4, 0.5) is 0 Å². The van der Waals surface area contributed by atoms with E-state index in [4.69, 9.17) is 21.2 Å². The van der Waals surface area contributed by atoms with Crippen molar-refractivity contribution < 1.29 is 4.48 Å². The van der Waals surface area contributed by atoms with E-state index < -0.39 is 0 Å². The Morgan fingerprint density at radius 2 is 1.55 bits per heavy atom. The molecule has 0 N–H and O–H groups in total. The summed E-state index contributed by atoms with van der Waals surface area (Å²) < 4.78 is 1.00. The molecule has 0 saturated heterocycles. The number of hydrogen-bond donors (Lipinski definition) is 0. The predicted octanol–water partition coefficient (Wildman–Crippen LogP) is 4.54. The summed E-state index contributed by atoms with van der Waals surface area (Å²) in [6.45, 7) is 0. The molecule has 0 fully saturated rings. The summed E-state index contributed by atoms with van der Waals surface area (Å²) >= 11 is 0. The lowest BCUT2D eigenvalue weighted by atomic mass is 9.82. The summed E-state index contributed by atoms with van der Waals surface area (Å²) in [5.41, 5.74) is 3.70. The second kappa shape index (κ2) is 11.2. The fourth-order valence-corrected chi connectivity index (χ4v) is 2.72. The molecule has 0 spiro atoms. The standard InChI is InChI=1S/C20H13N4.C4H12N/c21-11-15(12-22)9-18-7-4-8-19(10-16(13-23)14-24)20(18)17-5-2-1-3-6-17;1-5(2,3)4/h1-3,5-6,9-10H,4,7-8H2;1-4H3/q-1;+1/b18-9+;. The van der Waals surface area contributed by atoms with Crippen LogP contribution in [0.25, 0.3) is 11.0 Å². The Bertz CT molecular complexity index is 969. The van der Waals surface area contributed by atoms with Gasteiger partial charge >= 0.3 is 0 Å². The van der Waals surface area contributed by atoms with E-state index in [-0.39, 0.29) is 11.1 Å². The fourth-order valence-electron chi connectivity index (χ4n) is 2.72. The average molecular weight is 383 g/mol. The van der Waals surface area contributed by atoms with Gasteiger partial charge in [0.1, 0.15) is 23.8 Å². The molecule has 0 amide bonds. The minimum atomic E-state index is 0.0458. The Balaban J connectivity index is 0.000000749. The van der Waals surface area contributed by atoms with Crippen molar-refractivity contribution in [3.8, 4) is 18.2 Å². The number of nitriles is 3. The Kier molecular flexibility index (Phi) is 9.04. The molecule has 1 aliphatic carbocycles. The van der Waals surface area contributed by atoms with E-state index in [1.54, 1.807) is 12.2 Å². The molecule has 0 unspecified atom stereocenters. The van der Waals surface area contributed by atoms with Crippen LogP contribution < -0.4 is 0 Å². The quantitative estimate of drug-likeness (QED) is 0.436. The second-order valence-corrected chi connectivity index (χ2v) is 7.89. The molecular weight excluding hydrogens is 358 g/mol. The molecule has 1 aliphatic rings. The van der Waals surface area contributed by atoms with Gasteiger partial charge in [0, 0.05) is 0 Å². The van der Waals surface area contributed by atoms with Crippen molar-refractivity contribution in [2.75, 3.05) is 28.2 Å². The summed E-state index contributed by atoms with van der Waals surface area (Å²) in [6, 6.07) is 15.3. The maximum Gasteiger partial charge on any atom is 0.129 e. The van der Waals surface area contributed by atoms with E-state index in [0.29, 0.717) is 0 Å². The Morgan fingerprint density at radius 1 is 0.966 bits per heavy atom. The smallest absolute Gasteiger partial charge is 0.129 e. The van der Waals surface area contributed by atoms with E-state index in [9.17, 15) is 0 Å². The van der Waals surface area contributed by atoms with Crippen LogP contribution >= 0.6 is 0 Å².